The summed E-state index contributed by atoms with van der Waals surface area (Å²) in [5.41, 5.74) is 4.39. The molecule has 1 aromatic heterocycles. The third kappa shape index (κ3) is 6.01. The lowest BCUT2D eigenvalue weighted by molar-refractivity contribution is 0.102. The van der Waals surface area contributed by atoms with E-state index in [-0.39, 0.29) is 24.3 Å². The van der Waals surface area contributed by atoms with Crippen LogP contribution in [0.4, 0.5) is 5.13 Å². The van der Waals surface area contributed by atoms with Crippen LogP contribution in [0.5, 0.6) is 5.75 Å². The molecule has 0 radical (unpaired) electrons. The predicted octanol–water partition coefficient (Wildman–Crippen LogP) is 6.71. The highest BCUT2D eigenvalue weighted by Crippen LogP contribution is 2.53. The summed E-state index contributed by atoms with van der Waals surface area (Å²) < 4.78 is 29.9. The summed E-state index contributed by atoms with van der Waals surface area (Å²) in [7, 11) is -1.62. The van der Waals surface area contributed by atoms with E-state index in [0.29, 0.717) is 10.7 Å². The van der Waals surface area contributed by atoms with Crippen molar-refractivity contribution < 1.29 is 23.1 Å². The number of ether oxygens (including phenoxy) is 1. The van der Waals surface area contributed by atoms with Gasteiger partial charge in [0.2, 0.25) is 0 Å². The Hall–Kier alpha value is -2.51. The maximum Gasteiger partial charge on any atom is 0.335 e. The molecule has 35 heavy (non-hydrogen) atoms. The van der Waals surface area contributed by atoms with Gasteiger partial charge in [-0.1, -0.05) is 24.3 Å². The lowest BCUT2D eigenvalue weighted by Crippen LogP contribution is -2.12. The summed E-state index contributed by atoms with van der Waals surface area (Å²) in [5, 5.41) is 3.50. The minimum Gasteiger partial charge on any atom is -0.496 e. The molecule has 0 fully saturated rings. The van der Waals surface area contributed by atoms with E-state index < -0.39 is 7.60 Å². The minimum absolute atomic E-state index is 0.146. The van der Waals surface area contributed by atoms with E-state index in [0.717, 1.165) is 45.9 Å². The monoisotopic (exact) mass is 514 g/mol. The maximum atomic E-state index is 13.1. The van der Waals surface area contributed by atoms with Crippen LogP contribution in [0.15, 0.2) is 42.5 Å². The Bertz CT molecular complexity index is 1240. The van der Waals surface area contributed by atoms with Crippen molar-refractivity contribution in [1.29, 1.82) is 0 Å². The first-order valence-corrected chi connectivity index (χ1v) is 14.2. The molecule has 0 aliphatic heterocycles. The smallest absolute Gasteiger partial charge is 0.335 e. The van der Waals surface area contributed by atoms with Crippen molar-refractivity contribution in [3.05, 3.63) is 64.0 Å². The minimum atomic E-state index is -3.30. The summed E-state index contributed by atoms with van der Waals surface area (Å²) >= 11 is 1.50. The highest BCUT2D eigenvalue weighted by molar-refractivity contribution is 7.53. The van der Waals surface area contributed by atoms with Gasteiger partial charge >= 0.3 is 7.60 Å². The van der Waals surface area contributed by atoms with Crippen molar-refractivity contribution in [2.75, 3.05) is 12.4 Å². The molecule has 1 aliphatic carbocycles. The van der Waals surface area contributed by atoms with E-state index >= 15 is 0 Å². The molecule has 0 atom stereocenters. The normalized spacial score (nSPS) is 13.0. The number of amides is 1. The predicted molar refractivity (Wildman–Crippen MR) is 140 cm³/mol. The second-order valence-electron chi connectivity index (χ2n) is 9.01. The molecule has 0 spiro atoms. The molecular formula is C26H31N2O5PS. The van der Waals surface area contributed by atoms with Crippen molar-refractivity contribution >= 4 is 30.0 Å². The second kappa shape index (κ2) is 10.6. The van der Waals surface area contributed by atoms with Gasteiger partial charge in [-0.05, 0) is 64.3 Å². The number of thiazole rings is 1. The zero-order valence-corrected chi connectivity index (χ0v) is 22.4. The fourth-order valence-electron chi connectivity index (χ4n) is 4.16. The summed E-state index contributed by atoms with van der Waals surface area (Å²) in [6, 6.07) is 13.0. The number of fused-ring (bicyclic) bond motifs is 3. The van der Waals surface area contributed by atoms with Crippen LogP contribution in [-0.2, 0) is 32.6 Å². The van der Waals surface area contributed by atoms with E-state index in [1.54, 1.807) is 31.4 Å². The lowest BCUT2D eigenvalue weighted by atomic mass is 9.93. The number of hydrogen-bond donors (Lipinski definition) is 1. The van der Waals surface area contributed by atoms with Crippen LogP contribution < -0.4 is 10.1 Å². The average Bonchev–Trinajstić information content (AvgIpc) is 3.20. The first-order chi connectivity index (χ1) is 16.7. The van der Waals surface area contributed by atoms with Gasteiger partial charge in [-0.15, -0.1) is 11.3 Å². The Morgan fingerprint density at radius 3 is 2.37 bits per heavy atom. The van der Waals surface area contributed by atoms with Gasteiger partial charge in [0.15, 0.2) is 5.13 Å². The van der Waals surface area contributed by atoms with Gasteiger partial charge < -0.3 is 13.8 Å². The molecule has 4 rings (SSSR count). The van der Waals surface area contributed by atoms with Crippen LogP contribution in [0.3, 0.4) is 0 Å². The van der Waals surface area contributed by atoms with E-state index in [4.69, 9.17) is 18.8 Å². The van der Waals surface area contributed by atoms with Crippen molar-refractivity contribution in [1.82, 2.24) is 4.98 Å². The number of aryl methyl sites for hydroxylation is 1. The van der Waals surface area contributed by atoms with Crippen molar-refractivity contribution in [3.8, 4) is 17.0 Å². The number of aromatic nitrogens is 1. The number of rotatable bonds is 9. The molecule has 186 valence electrons. The molecule has 0 unspecified atom stereocenters. The van der Waals surface area contributed by atoms with Gasteiger partial charge in [0.1, 0.15) is 5.75 Å². The average molecular weight is 515 g/mol. The van der Waals surface area contributed by atoms with Crippen molar-refractivity contribution in [3.63, 3.8) is 0 Å². The van der Waals surface area contributed by atoms with Gasteiger partial charge in [-0.2, -0.15) is 0 Å². The van der Waals surface area contributed by atoms with Gasteiger partial charge in [-0.25, -0.2) is 4.98 Å². The standard InChI is InChI=1S/C26H31N2O5PS/c1-16(2)32-34(30,33-17(3)4)15-18-9-11-19(12-10-18)25(29)28-26-27-24-21-7-6-8-22(31-5)20(21)13-14-23(24)35-26/h6-12,16-17H,13-15H2,1-5H3,(H,27,28,29). The highest BCUT2D eigenvalue weighted by atomic mass is 32.1. The zero-order chi connectivity index (χ0) is 25.2. The Labute approximate surface area is 210 Å². The van der Waals surface area contributed by atoms with Crippen LogP contribution in [0.25, 0.3) is 11.3 Å². The Morgan fingerprint density at radius 1 is 1.06 bits per heavy atom. The SMILES string of the molecule is COc1cccc2c1CCc1sc(NC(=O)c3ccc(CP(=O)(OC(C)C)OC(C)C)cc3)nc1-2. The largest absolute Gasteiger partial charge is 0.496 e. The van der Waals surface area contributed by atoms with Gasteiger partial charge in [0.05, 0.1) is 31.2 Å². The fourth-order valence-corrected chi connectivity index (χ4v) is 7.27. The molecule has 1 amide bonds. The van der Waals surface area contributed by atoms with E-state index in [1.807, 2.05) is 45.9 Å². The third-order valence-corrected chi connectivity index (χ3v) is 8.73. The number of carbonyl (C=O) groups excluding carboxylic acids is 1. The number of anilines is 1. The fraction of sp³-hybridized carbons (Fsp3) is 0.385. The molecule has 0 saturated carbocycles. The molecule has 2 aromatic carbocycles. The van der Waals surface area contributed by atoms with Gasteiger partial charge in [-0.3, -0.25) is 14.7 Å². The lowest BCUT2D eigenvalue weighted by Gasteiger charge is -2.22. The van der Waals surface area contributed by atoms with E-state index in [9.17, 15) is 9.36 Å². The zero-order valence-electron chi connectivity index (χ0n) is 20.7. The summed E-state index contributed by atoms with van der Waals surface area (Å²) in [6.45, 7) is 7.31. The van der Waals surface area contributed by atoms with Gasteiger partial charge in [0.25, 0.3) is 5.91 Å². The summed E-state index contributed by atoms with van der Waals surface area (Å²) in [5.74, 6) is 0.627. The first-order valence-electron chi connectivity index (χ1n) is 11.7. The van der Waals surface area contributed by atoms with Crippen LogP contribution in [-0.4, -0.2) is 30.2 Å². The summed E-state index contributed by atoms with van der Waals surface area (Å²) in [4.78, 5) is 18.8. The number of methoxy groups -OCH3 is 1. The maximum absolute atomic E-state index is 13.1. The number of benzene rings is 2. The molecule has 9 heteroatoms. The molecular weight excluding hydrogens is 483 g/mol. The Kier molecular flexibility index (Phi) is 7.77. The number of nitrogens with one attached hydrogen (secondary N) is 1. The third-order valence-electron chi connectivity index (χ3n) is 5.46. The number of nitrogens with zero attached hydrogens (tertiary/aromatic N) is 1. The van der Waals surface area contributed by atoms with Crippen LogP contribution in [0.2, 0.25) is 0 Å². The first kappa shape index (κ1) is 25.6. The van der Waals surface area contributed by atoms with E-state index in [1.165, 1.54) is 11.3 Å². The second-order valence-corrected chi connectivity index (χ2v) is 12.0. The van der Waals surface area contributed by atoms with Gasteiger partial charge in [0, 0.05) is 21.6 Å². The number of carbonyl (C=O) groups is 1. The van der Waals surface area contributed by atoms with Crippen molar-refractivity contribution in [2.45, 2.75) is 58.9 Å². The van der Waals surface area contributed by atoms with Crippen LogP contribution in [0, 0.1) is 0 Å². The molecule has 7 nitrogen and oxygen atoms in total. The molecule has 0 bridgehead atoms. The molecule has 0 saturated heterocycles. The van der Waals surface area contributed by atoms with Crippen molar-refractivity contribution in [2.24, 2.45) is 0 Å². The topological polar surface area (TPSA) is 86.8 Å². The van der Waals surface area contributed by atoms with Crippen LogP contribution in [0.1, 0.15) is 54.1 Å². The molecule has 1 aliphatic rings. The summed E-state index contributed by atoms with van der Waals surface area (Å²) in [6.07, 6.45) is 1.45. The number of hydrogen-bond acceptors (Lipinski definition) is 7. The van der Waals surface area contributed by atoms with Crippen LogP contribution >= 0.6 is 18.9 Å². The molecule has 1 N–H and O–H groups in total. The molecule has 1 heterocycles. The van der Waals surface area contributed by atoms with E-state index in [2.05, 4.69) is 5.32 Å². The molecule has 3 aromatic rings. The highest BCUT2D eigenvalue weighted by Gasteiger charge is 2.28. The Balaban J connectivity index is 1.47. The Morgan fingerprint density at radius 2 is 1.74 bits per heavy atom. The quantitative estimate of drug-likeness (QED) is 0.319.